The van der Waals surface area contributed by atoms with Crippen LogP contribution in [-0.2, 0) is 14.9 Å². The molecule has 3 aliphatic rings. The molecule has 0 bridgehead atoms. The molecule has 36 heavy (non-hydrogen) atoms. The summed E-state index contributed by atoms with van der Waals surface area (Å²) in [6.45, 7) is 14.5. The third kappa shape index (κ3) is 6.60. The van der Waals surface area contributed by atoms with E-state index >= 15 is 0 Å². The minimum atomic E-state index is -0.00587. The monoisotopic (exact) mass is 488 g/mol. The van der Waals surface area contributed by atoms with Gasteiger partial charge in [-0.05, 0) is 46.6 Å². The molecule has 2 atom stereocenters. The molecule has 2 saturated heterocycles. The zero-order valence-corrected chi connectivity index (χ0v) is 22.3. The summed E-state index contributed by atoms with van der Waals surface area (Å²) in [5.74, 6) is 2.42. The van der Waals surface area contributed by atoms with Gasteiger partial charge in [-0.2, -0.15) is 0 Å². The lowest BCUT2D eigenvalue weighted by Crippen LogP contribution is -2.26. The third-order valence-corrected chi connectivity index (χ3v) is 7.07. The van der Waals surface area contributed by atoms with Crippen molar-refractivity contribution in [1.82, 2.24) is 0 Å². The van der Waals surface area contributed by atoms with E-state index in [1.807, 2.05) is 0 Å². The molecule has 0 saturated carbocycles. The Bertz CT molecular complexity index is 1080. The van der Waals surface area contributed by atoms with E-state index in [1.54, 1.807) is 0 Å². The molecule has 0 N–H and O–H groups in total. The van der Waals surface area contributed by atoms with Gasteiger partial charge in [0.2, 0.25) is 0 Å². The second-order valence-corrected chi connectivity index (χ2v) is 12.3. The Morgan fingerprint density at radius 1 is 0.722 bits per heavy atom. The molecular formula is C32H40O4. The molecule has 2 aromatic rings. The molecule has 0 spiro atoms. The smallest absolute Gasteiger partial charge is 0.123 e. The summed E-state index contributed by atoms with van der Waals surface area (Å²) in [4.78, 5) is 0. The Hall–Kier alpha value is -2.56. The highest BCUT2D eigenvalue weighted by Gasteiger charge is 2.32. The van der Waals surface area contributed by atoms with E-state index < -0.39 is 0 Å². The summed E-state index contributed by atoms with van der Waals surface area (Å²) in [6, 6.07) is 15.2. The van der Waals surface area contributed by atoms with Crippen LogP contribution in [0.15, 0.2) is 66.8 Å². The van der Waals surface area contributed by atoms with Crippen molar-refractivity contribution in [1.29, 1.82) is 0 Å². The van der Waals surface area contributed by atoms with Crippen LogP contribution in [0.25, 0.3) is 0 Å². The lowest BCUT2D eigenvalue weighted by Gasteiger charge is -2.34. The number of rotatable bonds is 10. The summed E-state index contributed by atoms with van der Waals surface area (Å²) in [6.07, 6.45) is 10.9. The molecule has 1 aliphatic carbocycles. The first-order valence-corrected chi connectivity index (χ1v) is 13.3. The van der Waals surface area contributed by atoms with Crippen molar-refractivity contribution in [2.45, 2.75) is 70.5 Å². The van der Waals surface area contributed by atoms with Gasteiger partial charge in [-0.3, -0.25) is 0 Å². The Morgan fingerprint density at radius 2 is 1.25 bits per heavy atom. The van der Waals surface area contributed by atoms with Crippen molar-refractivity contribution in [2.75, 3.05) is 26.4 Å². The van der Waals surface area contributed by atoms with Crippen LogP contribution >= 0.6 is 0 Å². The van der Waals surface area contributed by atoms with E-state index in [0.717, 1.165) is 31.1 Å². The standard InChI is InChI=1S/C32H40O4/c1-31(2,3)21-32(4,5)29-16-25(12-15-30(29)36-20-28-19-35-28)24-8-6-22(7-9-24)23-10-13-26(14-11-23)33-17-27-18-34-27/h6-16,22,24,27-28H,17-21H2,1-5H3. The van der Waals surface area contributed by atoms with Gasteiger partial charge in [-0.1, -0.05) is 83.2 Å². The molecule has 0 aromatic heterocycles. The zero-order chi connectivity index (χ0) is 25.3. The molecule has 2 aromatic carbocycles. The van der Waals surface area contributed by atoms with Crippen molar-refractivity contribution in [3.05, 3.63) is 83.5 Å². The molecule has 5 rings (SSSR count). The van der Waals surface area contributed by atoms with Crippen molar-refractivity contribution < 1.29 is 18.9 Å². The quantitative estimate of drug-likeness (QED) is 0.268. The van der Waals surface area contributed by atoms with Gasteiger partial charge in [0.05, 0.1) is 13.2 Å². The van der Waals surface area contributed by atoms with Gasteiger partial charge in [-0.25, -0.2) is 0 Å². The number of benzene rings is 2. The van der Waals surface area contributed by atoms with Gasteiger partial charge in [0.15, 0.2) is 0 Å². The van der Waals surface area contributed by atoms with Crippen LogP contribution in [0.2, 0.25) is 0 Å². The van der Waals surface area contributed by atoms with Crippen LogP contribution in [0, 0.1) is 5.41 Å². The van der Waals surface area contributed by atoms with E-state index in [4.69, 9.17) is 18.9 Å². The number of hydrogen-bond acceptors (Lipinski definition) is 4. The average Bonchev–Trinajstić information content (AvgIpc) is 3.76. The van der Waals surface area contributed by atoms with Crippen LogP contribution in [0.1, 0.15) is 69.6 Å². The van der Waals surface area contributed by atoms with Gasteiger partial charge in [-0.15, -0.1) is 0 Å². The maximum Gasteiger partial charge on any atom is 0.123 e. The molecule has 4 nitrogen and oxygen atoms in total. The Balaban J connectivity index is 1.30. The normalized spacial score (nSPS) is 25.0. The number of ether oxygens (including phenoxy) is 4. The van der Waals surface area contributed by atoms with E-state index in [1.165, 1.54) is 16.7 Å². The molecule has 2 unspecified atom stereocenters. The molecule has 0 amide bonds. The fourth-order valence-corrected chi connectivity index (χ4v) is 5.37. The predicted molar refractivity (Wildman–Crippen MR) is 144 cm³/mol. The third-order valence-electron chi connectivity index (χ3n) is 7.07. The van der Waals surface area contributed by atoms with Gasteiger partial charge in [0, 0.05) is 17.4 Å². The summed E-state index contributed by atoms with van der Waals surface area (Å²) >= 11 is 0. The van der Waals surface area contributed by atoms with Gasteiger partial charge < -0.3 is 18.9 Å². The van der Waals surface area contributed by atoms with Crippen molar-refractivity contribution in [3.63, 3.8) is 0 Å². The van der Waals surface area contributed by atoms with Crippen LogP contribution in [0.5, 0.6) is 11.5 Å². The maximum absolute atomic E-state index is 6.24. The molecule has 2 aliphatic heterocycles. The largest absolute Gasteiger partial charge is 0.491 e. The first-order chi connectivity index (χ1) is 17.2. The Morgan fingerprint density at radius 3 is 1.81 bits per heavy atom. The van der Waals surface area contributed by atoms with Crippen molar-refractivity contribution in [3.8, 4) is 11.5 Å². The highest BCUT2D eigenvalue weighted by Crippen LogP contribution is 2.42. The zero-order valence-electron chi connectivity index (χ0n) is 22.3. The average molecular weight is 489 g/mol. The minimum Gasteiger partial charge on any atom is -0.491 e. The summed E-state index contributed by atoms with van der Waals surface area (Å²) in [5, 5.41) is 0. The fraction of sp³-hybridized carbons (Fsp3) is 0.500. The Kier molecular flexibility index (Phi) is 7.02. The van der Waals surface area contributed by atoms with Gasteiger partial charge >= 0.3 is 0 Å². The van der Waals surface area contributed by atoms with Crippen LogP contribution in [0.4, 0.5) is 0 Å². The molecule has 192 valence electrons. The minimum absolute atomic E-state index is 0.00587. The van der Waals surface area contributed by atoms with E-state index in [-0.39, 0.29) is 34.9 Å². The highest BCUT2D eigenvalue weighted by molar-refractivity contribution is 5.47. The van der Waals surface area contributed by atoms with Crippen molar-refractivity contribution in [2.24, 2.45) is 5.41 Å². The fourth-order valence-electron chi connectivity index (χ4n) is 5.37. The van der Waals surface area contributed by atoms with E-state index in [9.17, 15) is 0 Å². The van der Waals surface area contributed by atoms with Gasteiger partial charge in [0.25, 0.3) is 0 Å². The van der Waals surface area contributed by atoms with E-state index in [2.05, 4.69) is 101 Å². The first kappa shape index (κ1) is 25.1. The number of hydrogen-bond donors (Lipinski definition) is 0. The van der Waals surface area contributed by atoms with Crippen molar-refractivity contribution >= 4 is 0 Å². The molecule has 2 heterocycles. The predicted octanol–water partition coefficient (Wildman–Crippen LogP) is 6.95. The molecule has 0 radical (unpaired) electrons. The number of epoxide rings is 2. The second kappa shape index (κ2) is 10.1. The highest BCUT2D eigenvalue weighted by atomic mass is 16.6. The second-order valence-electron chi connectivity index (χ2n) is 12.3. The first-order valence-electron chi connectivity index (χ1n) is 13.3. The van der Waals surface area contributed by atoms with Crippen LogP contribution < -0.4 is 9.47 Å². The van der Waals surface area contributed by atoms with Crippen LogP contribution in [0.3, 0.4) is 0 Å². The maximum atomic E-state index is 6.24. The molecular weight excluding hydrogens is 448 g/mol. The summed E-state index contributed by atoms with van der Waals surface area (Å²) < 4.78 is 22.6. The molecule has 2 fully saturated rings. The SMILES string of the molecule is CC(C)(C)CC(C)(C)c1cc(C2C=CC(c3ccc(OCC4CO4)cc3)C=C2)ccc1OCC1CO1. The lowest BCUT2D eigenvalue weighted by atomic mass is 9.71. The lowest BCUT2D eigenvalue weighted by molar-refractivity contribution is 0.245. The topological polar surface area (TPSA) is 43.5 Å². The molecule has 4 heteroatoms. The van der Waals surface area contributed by atoms with Gasteiger partial charge in [0.1, 0.15) is 36.9 Å². The van der Waals surface area contributed by atoms with E-state index in [0.29, 0.717) is 13.2 Å². The number of allylic oxidation sites excluding steroid dienone is 4. The van der Waals surface area contributed by atoms with Crippen LogP contribution in [-0.4, -0.2) is 38.6 Å². The summed E-state index contributed by atoms with van der Waals surface area (Å²) in [7, 11) is 0. The Labute approximate surface area is 216 Å². The summed E-state index contributed by atoms with van der Waals surface area (Å²) in [5.41, 5.74) is 4.08.